The van der Waals surface area contributed by atoms with Crippen LogP contribution in [0, 0.1) is 10.3 Å². The molecule has 0 aliphatic rings. The zero-order valence-corrected chi connectivity index (χ0v) is 10.6. The Bertz CT molecular complexity index is 281. The Hall–Kier alpha value is -1.39. The Morgan fingerprint density at radius 1 is 1.44 bits per heavy atom. The molecule has 0 unspecified atom stereocenters. The molecule has 0 aromatic rings. The van der Waals surface area contributed by atoms with Crippen molar-refractivity contribution < 1.29 is 9.53 Å². The highest BCUT2D eigenvalue weighted by Crippen LogP contribution is 2.24. The summed E-state index contributed by atoms with van der Waals surface area (Å²) in [5, 5.41) is 3.42. The number of nitroso groups, excluding NO2 is 1. The van der Waals surface area contributed by atoms with E-state index in [0.29, 0.717) is 6.42 Å². The summed E-state index contributed by atoms with van der Waals surface area (Å²) in [5.74, 6) is 0. The molecular formula is C11H20N2O3. The van der Waals surface area contributed by atoms with Crippen LogP contribution >= 0.6 is 0 Å². The lowest BCUT2D eigenvalue weighted by molar-refractivity contribution is 0.120. The monoisotopic (exact) mass is 228 g/mol. The van der Waals surface area contributed by atoms with Crippen molar-refractivity contribution >= 4 is 6.09 Å². The molecule has 0 radical (unpaired) electrons. The molecule has 0 saturated heterocycles. The number of carbonyl (C=O) groups is 1. The zero-order valence-electron chi connectivity index (χ0n) is 10.6. The number of hydrogen-bond acceptors (Lipinski definition) is 4. The largest absolute Gasteiger partial charge is 0.451 e. The second-order valence-electron chi connectivity index (χ2n) is 4.64. The van der Waals surface area contributed by atoms with Gasteiger partial charge in [-0.05, 0) is 25.7 Å². The molecule has 0 atom stereocenters. The Morgan fingerprint density at radius 3 is 2.38 bits per heavy atom. The van der Waals surface area contributed by atoms with Gasteiger partial charge < -0.3 is 4.74 Å². The molecule has 5 heteroatoms. The summed E-state index contributed by atoms with van der Waals surface area (Å²) in [4.78, 5) is 21.5. The van der Waals surface area contributed by atoms with Crippen LogP contribution in [0.15, 0.2) is 16.9 Å². The average Bonchev–Trinajstić information content (AvgIpc) is 2.16. The Kier molecular flexibility index (Phi) is 5.71. The van der Waals surface area contributed by atoms with E-state index in [-0.39, 0.29) is 12.0 Å². The minimum Gasteiger partial charge on any atom is -0.451 e. The number of ether oxygens (including phenoxy) is 1. The third kappa shape index (κ3) is 5.48. The van der Waals surface area contributed by atoms with Gasteiger partial charge in [-0.3, -0.25) is 0 Å². The smallest absolute Gasteiger partial charge is 0.432 e. The van der Waals surface area contributed by atoms with E-state index in [2.05, 4.69) is 16.1 Å². The van der Waals surface area contributed by atoms with Crippen molar-refractivity contribution in [2.45, 2.75) is 34.1 Å². The van der Waals surface area contributed by atoms with Gasteiger partial charge in [-0.25, -0.2) is 4.79 Å². The van der Waals surface area contributed by atoms with E-state index in [1.807, 2.05) is 27.7 Å². The second-order valence-corrected chi connectivity index (χ2v) is 4.64. The Labute approximate surface area is 96.4 Å². The van der Waals surface area contributed by atoms with Gasteiger partial charge in [-0.1, -0.05) is 25.5 Å². The van der Waals surface area contributed by atoms with Crippen molar-refractivity contribution in [2.24, 2.45) is 10.7 Å². The van der Waals surface area contributed by atoms with Gasteiger partial charge in [0, 0.05) is 0 Å². The molecule has 0 bridgehead atoms. The van der Waals surface area contributed by atoms with Gasteiger partial charge in [0.2, 0.25) is 0 Å². The molecule has 0 N–H and O–H groups in total. The number of rotatable bonds is 5. The molecule has 0 spiro atoms. The molecular weight excluding hydrogens is 208 g/mol. The first-order valence-electron chi connectivity index (χ1n) is 5.17. The molecule has 0 heterocycles. The first kappa shape index (κ1) is 14.6. The van der Waals surface area contributed by atoms with Gasteiger partial charge in [-0.15, -0.1) is 4.91 Å². The van der Waals surface area contributed by atoms with Crippen molar-refractivity contribution in [3.05, 3.63) is 16.6 Å². The van der Waals surface area contributed by atoms with Crippen molar-refractivity contribution in [3.63, 3.8) is 0 Å². The van der Waals surface area contributed by atoms with Crippen LogP contribution in [0.1, 0.15) is 34.1 Å². The third-order valence-electron chi connectivity index (χ3n) is 2.13. The van der Waals surface area contributed by atoms with Crippen LogP contribution in [0.5, 0.6) is 0 Å². The van der Waals surface area contributed by atoms with Crippen LogP contribution in [0.3, 0.4) is 0 Å². The summed E-state index contributed by atoms with van der Waals surface area (Å²) < 4.78 is 4.43. The van der Waals surface area contributed by atoms with Crippen LogP contribution in [-0.4, -0.2) is 24.8 Å². The lowest BCUT2D eigenvalue weighted by Crippen LogP contribution is -2.28. The molecule has 0 rings (SSSR count). The molecule has 1 amide bonds. The maximum Gasteiger partial charge on any atom is 0.432 e. The van der Waals surface area contributed by atoms with Crippen LogP contribution in [0.25, 0.3) is 0 Å². The maximum atomic E-state index is 11.1. The summed E-state index contributed by atoms with van der Waals surface area (Å²) in [6, 6.07) is 0. The first-order chi connectivity index (χ1) is 7.32. The van der Waals surface area contributed by atoms with Crippen molar-refractivity contribution in [1.29, 1.82) is 0 Å². The molecule has 0 aliphatic carbocycles. The molecule has 0 aromatic carbocycles. The number of methoxy groups -OCH3 is 1. The predicted octanol–water partition coefficient (Wildman–Crippen LogP) is 3.12. The summed E-state index contributed by atoms with van der Waals surface area (Å²) in [6.07, 6.45) is 2.04. The molecule has 0 aromatic heterocycles. The van der Waals surface area contributed by atoms with Gasteiger partial charge in [0.15, 0.2) is 0 Å². The fourth-order valence-electron chi connectivity index (χ4n) is 1.52. The molecule has 5 nitrogen and oxygen atoms in total. The minimum absolute atomic E-state index is 0.0736. The van der Waals surface area contributed by atoms with Gasteiger partial charge in [0.25, 0.3) is 0 Å². The highest BCUT2D eigenvalue weighted by atomic mass is 16.6. The number of nitrogens with zero attached hydrogens (tertiary/aromatic N) is 2. The second kappa shape index (κ2) is 6.25. The third-order valence-corrected chi connectivity index (χ3v) is 2.13. The minimum atomic E-state index is -0.719. The van der Waals surface area contributed by atoms with E-state index in [9.17, 15) is 9.70 Å². The van der Waals surface area contributed by atoms with Gasteiger partial charge in [0.1, 0.15) is 0 Å². The summed E-state index contributed by atoms with van der Waals surface area (Å²) in [5.41, 5.74) is 1.13. The average molecular weight is 228 g/mol. The van der Waals surface area contributed by atoms with Crippen LogP contribution in [0.4, 0.5) is 4.79 Å². The maximum absolute atomic E-state index is 11.1. The lowest BCUT2D eigenvalue weighted by Gasteiger charge is -2.22. The number of carbonyl (C=O) groups excluding carboxylic acids is 1. The number of allylic oxidation sites excluding steroid dienone is 2. The van der Waals surface area contributed by atoms with E-state index in [1.165, 1.54) is 12.7 Å². The van der Waals surface area contributed by atoms with Gasteiger partial charge >= 0.3 is 6.09 Å². The summed E-state index contributed by atoms with van der Waals surface area (Å²) in [7, 11) is 1.22. The fourth-order valence-corrected chi connectivity index (χ4v) is 1.52. The zero-order chi connectivity index (χ0) is 12.8. The standard InChI is InChI=1S/C11H20N2O3/c1-9(2)8-11(3,4)6-7-13(12-15)10(14)16-5/h8H,6-7H2,1-5H3. The van der Waals surface area contributed by atoms with Crippen LogP contribution in [0.2, 0.25) is 0 Å². The van der Waals surface area contributed by atoms with Gasteiger partial charge in [-0.2, -0.15) is 5.01 Å². The first-order valence-corrected chi connectivity index (χ1v) is 5.17. The van der Waals surface area contributed by atoms with Crippen molar-refractivity contribution in [1.82, 2.24) is 5.01 Å². The van der Waals surface area contributed by atoms with Crippen LogP contribution in [-0.2, 0) is 4.74 Å². The van der Waals surface area contributed by atoms with E-state index in [4.69, 9.17) is 0 Å². The predicted molar refractivity (Wildman–Crippen MR) is 62.7 cm³/mol. The molecule has 0 aliphatic heterocycles. The number of amides is 1. The Morgan fingerprint density at radius 2 is 2.00 bits per heavy atom. The van der Waals surface area contributed by atoms with Crippen molar-refractivity contribution in [2.75, 3.05) is 13.7 Å². The fraction of sp³-hybridized carbons (Fsp3) is 0.727. The van der Waals surface area contributed by atoms with Crippen LogP contribution < -0.4 is 0 Å². The van der Waals surface area contributed by atoms with E-state index < -0.39 is 6.09 Å². The quantitative estimate of drug-likeness (QED) is 0.412. The highest BCUT2D eigenvalue weighted by Gasteiger charge is 2.20. The van der Waals surface area contributed by atoms with E-state index in [1.54, 1.807) is 0 Å². The van der Waals surface area contributed by atoms with Crippen molar-refractivity contribution in [3.8, 4) is 0 Å². The van der Waals surface area contributed by atoms with E-state index >= 15 is 0 Å². The number of hydrogen-bond donors (Lipinski definition) is 0. The normalized spacial score (nSPS) is 10.6. The topological polar surface area (TPSA) is 59.0 Å². The summed E-state index contributed by atoms with van der Waals surface area (Å²) in [6.45, 7) is 8.36. The van der Waals surface area contributed by atoms with Gasteiger partial charge in [0.05, 0.1) is 18.9 Å². The Balaban J connectivity index is 4.36. The molecule has 0 fully saturated rings. The molecule has 0 saturated carbocycles. The SMILES string of the molecule is COC(=O)N(CCC(C)(C)C=C(C)C)N=O. The van der Waals surface area contributed by atoms with E-state index in [0.717, 1.165) is 5.01 Å². The lowest BCUT2D eigenvalue weighted by atomic mass is 9.87. The molecule has 92 valence electrons. The highest BCUT2D eigenvalue weighted by molar-refractivity contribution is 5.66. The summed E-state index contributed by atoms with van der Waals surface area (Å²) >= 11 is 0. The molecule has 16 heavy (non-hydrogen) atoms.